The van der Waals surface area contributed by atoms with Gasteiger partial charge in [0.15, 0.2) is 0 Å². The van der Waals surface area contributed by atoms with Crippen LogP contribution in [0.2, 0.25) is 0 Å². The number of benzene rings is 2. The number of methoxy groups -OCH3 is 2. The lowest BCUT2D eigenvalue weighted by Gasteiger charge is -2.14. The minimum absolute atomic E-state index is 0.00646. The molecule has 0 aliphatic heterocycles. The Hall–Kier alpha value is -3.09. The minimum Gasteiger partial charge on any atom is -0.465 e. The fourth-order valence-electron chi connectivity index (χ4n) is 2.45. The topological polar surface area (TPSA) is 52.6 Å². The fourth-order valence-corrected chi connectivity index (χ4v) is 2.45. The van der Waals surface area contributed by atoms with Crippen molar-refractivity contribution < 1.29 is 32.2 Å². The second-order valence-corrected chi connectivity index (χ2v) is 5.17. The molecule has 7 heteroatoms. The van der Waals surface area contributed by atoms with E-state index in [0.717, 1.165) is 13.2 Å². The van der Waals surface area contributed by atoms with Gasteiger partial charge < -0.3 is 9.47 Å². The third-order valence-corrected chi connectivity index (χ3v) is 3.57. The first kappa shape index (κ1) is 19.2. The van der Waals surface area contributed by atoms with Gasteiger partial charge in [0.2, 0.25) is 0 Å². The van der Waals surface area contributed by atoms with Crippen molar-refractivity contribution in [2.24, 2.45) is 0 Å². The number of ether oxygens (including phenoxy) is 2. The average molecular weight is 364 g/mol. The Morgan fingerprint density at radius 3 is 2.00 bits per heavy atom. The number of carbonyl (C=O) groups is 2. The maximum atomic E-state index is 12.7. The average Bonchev–Trinajstić information content (AvgIpc) is 2.64. The Balaban J connectivity index is 2.76. The number of hydrogen-bond donors (Lipinski definition) is 0. The Labute approximate surface area is 147 Å². The summed E-state index contributed by atoms with van der Waals surface area (Å²) in [6.45, 7) is 0. The lowest BCUT2D eigenvalue weighted by Crippen LogP contribution is -2.08. The van der Waals surface area contributed by atoms with Gasteiger partial charge in [-0.1, -0.05) is 30.3 Å². The first-order valence-corrected chi connectivity index (χ1v) is 7.43. The third-order valence-electron chi connectivity index (χ3n) is 3.57. The molecular formula is C19H15F3O4. The zero-order valence-electron chi connectivity index (χ0n) is 14.0. The van der Waals surface area contributed by atoms with Gasteiger partial charge in [0, 0.05) is 6.08 Å². The van der Waals surface area contributed by atoms with Crippen LogP contribution in [0.5, 0.6) is 0 Å². The van der Waals surface area contributed by atoms with Gasteiger partial charge >= 0.3 is 18.1 Å². The molecular weight excluding hydrogens is 349 g/mol. The van der Waals surface area contributed by atoms with Gasteiger partial charge in [-0.3, -0.25) is 0 Å². The van der Waals surface area contributed by atoms with Gasteiger partial charge in [0.05, 0.1) is 25.3 Å². The molecule has 0 aliphatic carbocycles. The number of allylic oxidation sites excluding steroid dienone is 1. The van der Waals surface area contributed by atoms with Gasteiger partial charge in [0.25, 0.3) is 0 Å². The Bertz CT molecular complexity index is 854. The molecule has 0 saturated carbocycles. The molecule has 0 aromatic heterocycles. The summed E-state index contributed by atoms with van der Waals surface area (Å²) < 4.78 is 47.4. The van der Waals surface area contributed by atoms with Crippen molar-refractivity contribution in [1.29, 1.82) is 0 Å². The Morgan fingerprint density at radius 1 is 0.846 bits per heavy atom. The van der Waals surface area contributed by atoms with Gasteiger partial charge in [-0.25, -0.2) is 9.59 Å². The van der Waals surface area contributed by atoms with E-state index in [2.05, 4.69) is 4.74 Å². The molecule has 0 atom stereocenters. The monoisotopic (exact) mass is 364 g/mol. The van der Waals surface area contributed by atoms with Crippen LogP contribution in [-0.2, 0) is 9.47 Å². The van der Waals surface area contributed by atoms with Crippen LogP contribution in [0.3, 0.4) is 0 Å². The molecule has 2 rings (SSSR count). The van der Waals surface area contributed by atoms with Gasteiger partial charge in [-0.05, 0) is 34.9 Å². The molecule has 136 valence electrons. The quantitative estimate of drug-likeness (QED) is 0.750. The maximum Gasteiger partial charge on any atom is 0.409 e. The molecule has 0 saturated heterocycles. The highest BCUT2D eigenvalue weighted by Gasteiger charge is 2.24. The van der Waals surface area contributed by atoms with E-state index in [1.54, 1.807) is 18.2 Å². The Morgan fingerprint density at radius 2 is 1.38 bits per heavy atom. The lowest BCUT2D eigenvalue weighted by atomic mass is 9.92. The SMILES string of the molecule is COC(=O)c1ccccc1-c1cccc(C(=O)OC)c1/C=C/C(F)(F)F. The van der Waals surface area contributed by atoms with E-state index in [0.29, 0.717) is 5.56 Å². The molecule has 0 spiro atoms. The van der Waals surface area contributed by atoms with E-state index in [1.807, 2.05) is 0 Å². The lowest BCUT2D eigenvalue weighted by molar-refractivity contribution is -0.0790. The van der Waals surface area contributed by atoms with Crippen molar-refractivity contribution in [3.63, 3.8) is 0 Å². The molecule has 0 radical (unpaired) electrons. The minimum atomic E-state index is -4.57. The van der Waals surface area contributed by atoms with Crippen LogP contribution in [0.15, 0.2) is 48.5 Å². The van der Waals surface area contributed by atoms with Gasteiger partial charge in [-0.15, -0.1) is 0 Å². The predicted octanol–water partition coefficient (Wildman–Crippen LogP) is 4.50. The maximum absolute atomic E-state index is 12.7. The molecule has 2 aromatic carbocycles. The number of carbonyl (C=O) groups excluding carboxylic acids is 2. The normalized spacial score (nSPS) is 11.4. The number of esters is 2. The van der Waals surface area contributed by atoms with Crippen LogP contribution in [0, 0.1) is 0 Å². The van der Waals surface area contributed by atoms with E-state index in [4.69, 9.17) is 4.74 Å². The fraction of sp³-hybridized carbons (Fsp3) is 0.158. The highest BCUT2D eigenvalue weighted by molar-refractivity contribution is 6.02. The van der Waals surface area contributed by atoms with Crippen LogP contribution in [0.25, 0.3) is 17.2 Å². The summed E-state index contributed by atoms with van der Waals surface area (Å²) in [6, 6.07) is 10.7. The summed E-state index contributed by atoms with van der Waals surface area (Å²) in [7, 11) is 2.34. The van der Waals surface area contributed by atoms with Crippen LogP contribution < -0.4 is 0 Å². The van der Waals surface area contributed by atoms with Crippen molar-refractivity contribution in [2.45, 2.75) is 6.18 Å². The summed E-state index contributed by atoms with van der Waals surface area (Å²) in [5.74, 6) is -1.43. The molecule has 0 unspecified atom stereocenters. The van der Waals surface area contributed by atoms with Crippen molar-refractivity contribution in [2.75, 3.05) is 14.2 Å². The van der Waals surface area contributed by atoms with Crippen molar-refractivity contribution in [3.8, 4) is 11.1 Å². The highest BCUT2D eigenvalue weighted by atomic mass is 19.4. The molecule has 0 heterocycles. The van der Waals surface area contributed by atoms with Crippen LogP contribution in [0.4, 0.5) is 13.2 Å². The van der Waals surface area contributed by atoms with E-state index in [-0.39, 0.29) is 28.3 Å². The van der Waals surface area contributed by atoms with Gasteiger partial charge in [-0.2, -0.15) is 13.2 Å². The van der Waals surface area contributed by atoms with Gasteiger partial charge in [0.1, 0.15) is 0 Å². The van der Waals surface area contributed by atoms with Crippen LogP contribution >= 0.6 is 0 Å². The first-order valence-electron chi connectivity index (χ1n) is 7.43. The molecule has 0 amide bonds. The summed E-state index contributed by atoms with van der Waals surface area (Å²) in [5, 5.41) is 0. The summed E-state index contributed by atoms with van der Waals surface area (Å²) in [5.41, 5.74) is 0.721. The Kier molecular flexibility index (Phi) is 5.82. The molecule has 0 aliphatic rings. The van der Waals surface area contributed by atoms with E-state index in [1.165, 1.54) is 31.4 Å². The van der Waals surface area contributed by atoms with E-state index >= 15 is 0 Å². The largest absolute Gasteiger partial charge is 0.465 e. The van der Waals surface area contributed by atoms with Crippen molar-refractivity contribution in [1.82, 2.24) is 0 Å². The summed E-state index contributed by atoms with van der Waals surface area (Å²) in [6.07, 6.45) is -3.75. The number of hydrogen-bond acceptors (Lipinski definition) is 4. The summed E-state index contributed by atoms with van der Waals surface area (Å²) in [4.78, 5) is 24.0. The molecule has 0 N–H and O–H groups in total. The predicted molar refractivity (Wildman–Crippen MR) is 89.6 cm³/mol. The standard InChI is InChI=1S/C19H15F3O4/c1-25-17(23)15-7-4-3-6-13(15)12-8-5-9-16(18(24)26-2)14(12)10-11-19(20,21)22/h3-11H,1-2H3/b11-10+. The van der Waals surface area contributed by atoms with E-state index < -0.39 is 18.1 Å². The molecule has 4 nitrogen and oxygen atoms in total. The molecule has 0 fully saturated rings. The van der Waals surface area contributed by atoms with Crippen molar-refractivity contribution in [3.05, 3.63) is 65.2 Å². The first-order chi connectivity index (χ1) is 12.3. The second-order valence-electron chi connectivity index (χ2n) is 5.17. The highest BCUT2D eigenvalue weighted by Crippen LogP contribution is 2.32. The van der Waals surface area contributed by atoms with E-state index in [9.17, 15) is 22.8 Å². The number of alkyl halides is 3. The second kappa shape index (κ2) is 7.86. The van der Waals surface area contributed by atoms with Crippen LogP contribution in [0.1, 0.15) is 26.3 Å². The number of rotatable bonds is 4. The zero-order chi connectivity index (χ0) is 19.3. The molecule has 0 bridgehead atoms. The third kappa shape index (κ3) is 4.30. The number of halogens is 3. The zero-order valence-corrected chi connectivity index (χ0v) is 14.0. The molecule has 2 aromatic rings. The van der Waals surface area contributed by atoms with Crippen molar-refractivity contribution >= 4 is 18.0 Å². The summed E-state index contributed by atoms with van der Waals surface area (Å²) >= 11 is 0. The van der Waals surface area contributed by atoms with Crippen LogP contribution in [-0.4, -0.2) is 32.3 Å². The molecule has 26 heavy (non-hydrogen) atoms. The smallest absolute Gasteiger partial charge is 0.409 e.